The third kappa shape index (κ3) is 1.71. The monoisotopic (exact) mass is 203 g/mol. The van der Waals surface area contributed by atoms with Crippen LogP contribution in [0.5, 0.6) is 0 Å². The maximum absolute atomic E-state index is 10.8. The second kappa shape index (κ2) is 3.53. The van der Waals surface area contributed by atoms with Crippen LogP contribution in [0, 0.1) is 0 Å². The molecule has 0 saturated carbocycles. The quantitative estimate of drug-likeness (QED) is 0.723. The summed E-state index contributed by atoms with van der Waals surface area (Å²) in [6.07, 6.45) is 2.35. The summed E-state index contributed by atoms with van der Waals surface area (Å²) >= 11 is 0. The van der Waals surface area contributed by atoms with Gasteiger partial charge in [0, 0.05) is 24.1 Å². The molecule has 2 aromatic rings. The Bertz CT molecular complexity index is 530. The van der Waals surface area contributed by atoms with Crippen LogP contribution in [0.3, 0.4) is 0 Å². The Morgan fingerprint density at radius 3 is 3.00 bits per heavy atom. The summed E-state index contributed by atoms with van der Waals surface area (Å²) in [5.74, 6) is 0.290. The molecule has 0 bridgehead atoms. The molecule has 5 nitrogen and oxygen atoms in total. The molecule has 0 radical (unpaired) electrons. The van der Waals surface area contributed by atoms with Gasteiger partial charge in [0.05, 0.1) is 0 Å². The SMILES string of the molecule is CC(=O)Nc1ccc2c(C=O)c[nH]c2n1. The minimum atomic E-state index is -0.177. The van der Waals surface area contributed by atoms with Gasteiger partial charge in [-0.15, -0.1) is 0 Å². The first-order valence-corrected chi connectivity index (χ1v) is 4.41. The smallest absolute Gasteiger partial charge is 0.222 e. The molecule has 0 aromatic carbocycles. The van der Waals surface area contributed by atoms with Crippen molar-refractivity contribution < 1.29 is 9.59 Å². The van der Waals surface area contributed by atoms with E-state index in [0.29, 0.717) is 17.0 Å². The van der Waals surface area contributed by atoms with Crippen molar-refractivity contribution >= 4 is 29.0 Å². The molecule has 0 atom stereocenters. The van der Waals surface area contributed by atoms with Crippen LogP contribution in [-0.2, 0) is 4.79 Å². The van der Waals surface area contributed by atoms with Gasteiger partial charge in [-0.3, -0.25) is 9.59 Å². The van der Waals surface area contributed by atoms with E-state index < -0.39 is 0 Å². The lowest BCUT2D eigenvalue weighted by atomic mass is 10.2. The van der Waals surface area contributed by atoms with Gasteiger partial charge < -0.3 is 10.3 Å². The normalized spacial score (nSPS) is 10.2. The summed E-state index contributed by atoms with van der Waals surface area (Å²) in [5, 5.41) is 3.31. The molecule has 0 unspecified atom stereocenters. The van der Waals surface area contributed by atoms with Crippen LogP contribution in [0.15, 0.2) is 18.3 Å². The zero-order chi connectivity index (χ0) is 10.8. The Morgan fingerprint density at radius 2 is 2.33 bits per heavy atom. The van der Waals surface area contributed by atoms with Gasteiger partial charge in [-0.25, -0.2) is 4.98 Å². The lowest BCUT2D eigenvalue weighted by Crippen LogP contribution is -2.07. The van der Waals surface area contributed by atoms with E-state index >= 15 is 0 Å². The highest BCUT2D eigenvalue weighted by molar-refractivity contribution is 5.97. The molecule has 0 spiro atoms. The molecular formula is C10H9N3O2. The van der Waals surface area contributed by atoms with Crippen LogP contribution in [0.25, 0.3) is 11.0 Å². The second-order valence-electron chi connectivity index (χ2n) is 3.14. The second-order valence-corrected chi connectivity index (χ2v) is 3.14. The lowest BCUT2D eigenvalue weighted by molar-refractivity contribution is -0.114. The fourth-order valence-corrected chi connectivity index (χ4v) is 1.37. The topological polar surface area (TPSA) is 74.8 Å². The number of anilines is 1. The van der Waals surface area contributed by atoms with E-state index in [1.807, 2.05) is 0 Å². The van der Waals surface area contributed by atoms with Gasteiger partial charge in [-0.05, 0) is 12.1 Å². The number of rotatable bonds is 2. The van der Waals surface area contributed by atoms with Crippen molar-refractivity contribution in [3.63, 3.8) is 0 Å². The highest BCUT2D eigenvalue weighted by Crippen LogP contribution is 2.17. The van der Waals surface area contributed by atoms with Gasteiger partial charge in [0.2, 0.25) is 5.91 Å². The molecular weight excluding hydrogens is 194 g/mol. The predicted octanol–water partition coefficient (Wildman–Crippen LogP) is 1.33. The van der Waals surface area contributed by atoms with Gasteiger partial charge in [0.1, 0.15) is 11.5 Å². The fourth-order valence-electron chi connectivity index (χ4n) is 1.37. The van der Waals surface area contributed by atoms with Crippen molar-refractivity contribution in [3.05, 3.63) is 23.9 Å². The molecule has 5 heteroatoms. The number of aromatic nitrogens is 2. The first-order valence-electron chi connectivity index (χ1n) is 4.41. The number of carbonyl (C=O) groups excluding carboxylic acids is 2. The molecule has 2 N–H and O–H groups in total. The number of nitrogens with one attached hydrogen (secondary N) is 2. The minimum Gasteiger partial charge on any atom is -0.345 e. The van der Waals surface area contributed by atoms with Crippen LogP contribution in [-0.4, -0.2) is 22.2 Å². The summed E-state index contributed by atoms with van der Waals surface area (Å²) in [6.45, 7) is 1.41. The molecule has 2 rings (SSSR count). The number of pyridine rings is 1. The molecule has 2 aromatic heterocycles. The van der Waals surface area contributed by atoms with E-state index in [9.17, 15) is 9.59 Å². The largest absolute Gasteiger partial charge is 0.345 e. The number of amides is 1. The van der Waals surface area contributed by atoms with Crippen molar-refractivity contribution in [2.45, 2.75) is 6.92 Å². The van der Waals surface area contributed by atoms with E-state index in [0.717, 1.165) is 11.7 Å². The summed E-state index contributed by atoms with van der Waals surface area (Å²) in [5.41, 5.74) is 1.15. The Morgan fingerprint density at radius 1 is 1.53 bits per heavy atom. The third-order valence-electron chi connectivity index (χ3n) is 2.00. The highest BCUT2D eigenvalue weighted by Gasteiger charge is 2.05. The molecule has 76 valence electrons. The van der Waals surface area contributed by atoms with Crippen molar-refractivity contribution in [3.8, 4) is 0 Å². The summed E-state index contributed by atoms with van der Waals surface area (Å²) in [6, 6.07) is 3.40. The summed E-state index contributed by atoms with van der Waals surface area (Å²) < 4.78 is 0. The first kappa shape index (κ1) is 9.39. The standard InChI is InChI=1S/C10H9N3O2/c1-6(15)12-9-3-2-8-7(5-14)4-11-10(8)13-9/h2-5H,1H3,(H2,11,12,13,15). The maximum atomic E-state index is 10.8. The van der Waals surface area contributed by atoms with Crippen molar-refractivity contribution in [2.24, 2.45) is 0 Å². The predicted molar refractivity (Wildman–Crippen MR) is 55.8 cm³/mol. The average molecular weight is 203 g/mol. The van der Waals surface area contributed by atoms with Crippen LogP contribution in [0.1, 0.15) is 17.3 Å². The summed E-state index contributed by atoms with van der Waals surface area (Å²) in [4.78, 5) is 28.4. The number of hydrogen-bond acceptors (Lipinski definition) is 3. The lowest BCUT2D eigenvalue weighted by Gasteiger charge is -1.99. The van der Waals surface area contributed by atoms with Crippen LogP contribution >= 0.6 is 0 Å². The minimum absolute atomic E-state index is 0.177. The maximum Gasteiger partial charge on any atom is 0.222 e. The summed E-state index contributed by atoms with van der Waals surface area (Å²) in [7, 11) is 0. The number of aromatic amines is 1. The molecule has 0 fully saturated rings. The average Bonchev–Trinajstić information content (AvgIpc) is 2.58. The number of H-pyrrole nitrogens is 1. The van der Waals surface area contributed by atoms with Crippen LogP contribution in [0.4, 0.5) is 5.82 Å². The Hall–Kier alpha value is -2.17. The van der Waals surface area contributed by atoms with Crippen LogP contribution < -0.4 is 5.32 Å². The van der Waals surface area contributed by atoms with Gasteiger partial charge in [0.25, 0.3) is 0 Å². The Balaban J connectivity index is 2.48. The number of nitrogens with zero attached hydrogens (tertiary/aromatic N) is 1. The van der Waals surface area contributed by atoms with Gasteiger partial charge in [-0.2, -0.15) is 0 Å². The molecule has 15 heavy (non-hydrogen) atoms. The van der Waals surface area contributed by atoms with E-state index in [4.69, 9.17) is 0 Å². The third-order valence-corrected chi connectivity index (χ3v) is 2.00. The van der Waals surface area contributed by atoms with E-state index in [1.54, 1.807) is 18.3 Å². The van der Waals surface area contributed by atoms with E-state index in [-0.39, 0.29) is 5.91 Å². The number of aldehydes is 1. The Labute approximate surface area is 85.5 Å². The molecule has 2 heterocycles. The van der Waals surface area contributed by atoms with Crippen molar-refractivity contribution in [2.75, 3.05) is 5.32 Å². The molecule has 0 aliphatic heterocycles. The number of carbonyl (C=O) groups is 2. The highest BCUT2D eigenvalue weighted by atomic mass is 16.1. The van der Waals surface area contributed by atoms with Gasteiger partial charge >= 0.3 is 0 Å². The molecule has 0 aliphatic carbocycles. The van der Waals surface area contributed by atoms with E-state index in [2.05, 4.69) is 15.3 Å². The van der Waals surface area contributed by atoms with Crippen LogP contribution in [0.2, 0.25) is 0 Å². The van der Waals surface area contributed by atoms with Crippen molar-refractivity contribution in [1.82, 2.24) is 9.97 Å². The number of fused-ring (bicyclic) bond motifs is 1. The number of hydrogen-bond donors (Lipinski definition) is 2. The van der Waals surface area contributed by atoms with Gasteiger partial charge in [0.15, 0.2) is 6.29 Å². The first-order chi connectivity index (χ1) is 7.20. The molecule has 0 aliphatic rings. The Kier molecular flexibility index (Phi) is 2.21. The van der Waals surface area contributed by atoms with Crippen molar-refractivity contribution in [1.29, 1.82) is 0 Å². The molecule has 1 amide bonds. The molecule has 0 saturated heterocycles. The van der Waals surface area contributed by atoms with Gasteiger partial charge in [-0.1, -0.05) is 0 Å². The zero-order valence-corrected chi connectivity index (χ0v) is 8.07. The fraction of sp³-hybridized carbons (Fsp3) is 0.100. The van der Waals surface area contributed by atoms with E-state index in [1.165, 1.54) is 6.92 Å². The zero-order valence-electron chi connectivity index (χ0n) is 8.07.